The van der Waals surface area contributed by atoms with Crippen molar-refractivity contribution in [2.45, 2.75) is 44.6 Å². The number of halogens is 1. The fourth-order valence-electron chi connectivity index (χ4n) is 3.19. The van der Waals surface area contributed by atoms with Gasteiger partial charge in [-0.3, -0.25) is 4.79 Å². The van der Waals surface area contributed by atoms with Gasteiger partial charge in [0.1, 0.15) is 0 Å². The minimum Gasteiger partial charge on any atom is -0.487 e. The van der Waals surface area contributed by atoms with Crippen LogP contribution in [0, 0.1) is 11.7 Å². The van der Waals surface area contributed by atoms with Crippen molar-refractivity contribution >= 4 is 11.6 Å². The van der Waals surface area contributed by atoms with Crippen LogP contribution in [-0.4, -0.2) is 25.1 Å². The van der Waals surface area contributed by atoms with Gasteiger partial charge in [0.2, 0.25) is 5.91 Å². The number of carbonyl (C=O) groups excluding carboxylic acids is 1. The highest BCUT2D eigenvalue weighted by molar-refractivity contribution is 5.92. The largest absolute Gasteiger partial charge is 0.487 e. The van der Waals surface area contributed by atoms with Crippen LogP contribution in [0.15, 0.2) is 18.2 Å². The second-order valence-electron chi connectivity index (χ2n) is 6.18. The molecule has 0 atom stereocenters. The molecule has 2 aliphatic rings. The number of nitrogens with one attached hydrogen (secondary N) is 2. The van der Waals surface area contributed by atoms with Crippen molar-refractivity contribution < 1.29 is 13.9 Å². The Hall–Kier alpha value is -1.62. The number of benzene rings is 1. The van der Waals surface area contributed by atoms with Gasteiger partial charge in [-0.1, -0.05) is 0 Å². The van der Waals surface area contributed by atoms with Gasteiger partial charge in [0.05, 0.1) is 6.10 Å². The van der Waals surface area contributed by atoms with E-state index in [4.69, 9.17) is 4.74 Å². The minimum atomic E-state index is -0.407. The molecule has 1 amide bonds. The van der Waals surface area contributed by atoms with Crippen molar-refractivity contribution in [3.05, 3.63) is 24.0 Å². The predicted octanol–water partition coefficient (Wildman–Crippen LogP) is 3.09. The maximum absolute atomic E-state index is 14.1. The summed E-state index contributed by atoms with van der Waals surface area (Å²) in [5.74, 6) is -0.133. The van der Waals surface area contributed by atoms with E-state index in [-0.39, 0.29) is 23.7 Å². The number of hydrogen-bond acceptors (Lipinski definition) is 3. The van der Waals surface area contributed by atoms with Crippen LogP contribution in [0.4, 0.5) is 10.1 Å². The Bertz CT molecular complexity index is 523. The fraction of sp³-hybridized carbons (Fsp3) is 0.588. The molecule has 22 heavy (non-hydrogen) atoms. The van der Waals surface area contributed by atoms with E-state index >= 15 is 0 Å². The van der Waals surface area contributed by atoms with Crippen molar-refractivity contribution in [1.82, 2.24) is 5.32 Å². The summed E-state index contributed by atoms with van der Waals surface area (Å²) in [6, 6.07) is 4.68. The van der Waals surface area contributed by atoms with Crippen molar-refractivity contribution in [3.8, 4) is 5.75 Å². The maximum Gasteiger partial charge on any atom is 0.227 e. The Labute approximate surface area is 130 Å². The molecule has 0 spiro atoms. The topological polar surface area (TPSA) is 50.4 Å². The lowest BCUT2D eigenvalue weighted by Crippen LogP contribution is -2.34. The number of rotatable bonds is 4. The Morgan fingerprint density at radius 2 is 1.91 bits per heavy atom. The van der Waals surface area contributed by atoms with Crippen LogP contribution in [0.3, 0.4) is 0 Å². The first-order chi connectivity index (χ1) is 10.7. The Kier molecular flexibility index (Phi) is 4.93. The van der Waals surface area contributed by atoms with Gasteiger partial charge in [-0.05, 0) is 63.7 Å². The lowest BCUT2D eigenvalue weighted by molar-refractivity contribution is -0.120. The molecule has 1 saturated heterocycles. The number of piperidine rings is 1. The lowest BCUT2D eigenvalue weighted by Gasteiger charge is -2.22. The van der Waals surface area contributed by atoms with Crippen molar-refractivity contribution in [2.75, 3.05) is 18.4 Å². The zero-order valence-corrected chi connectivity index (χ0v) is 12.7. The van der Waals surface area contributed by atoms with E-state index in [2.05, 4.69) is 10.6 Å². The quantitative estimate of drug-likeness (QED) is 0.899. The van der Waals surface area contributed by atoms with E-state index in [0.717, 1.165) is 51.6 Å². The molecule has 0 radical (unpaired) electrons. The van der Waals surface area contributed by atoms with Crippen LogP contribution in [-0.2, 0) is 4.79 Å². The first-order valence-electron chi connectivity index (χ1n) is 8.20. The van der Waals surface area contributed by atoms with Gasteiger partial charge in [0.25, 0.3) is 0 Å². The van der Waals surface area contributed by atoms with Crippen LogP contribution >= 0.6 is 0 Å². The molecule has 0 bridgehead atoms. The van der Waals surface area contributed by atoms with Crippen LogP contribution < -0.4 is 15.4 Å². The normalized spacial score (nSPS) is 20.0. The number of amides is 1. The van der Waals surface area contributed by atoms with Gasteiger partial charge in [-0.15, -0.1) is 0 Å². The molecule has 1 saturated carbocycles. The van der Waals surface area contributed by atoms with Crippen molar-refractivity contribution in [2.24, 2.45) is 5.92 Å². The SMILES string of the molecule is O=C(Nc1ccc(OC2CCCC2)c(F)c1)C1CCNCC1. The molecule has 3 rings (SSSR count). The Morgan fingerprint density at radius 1 is 1.18 bits per heavy atom. The zero-order chi connectivity index (χ0) is 15.4. The van der Waals surface area contributed by atoms with Gasteiger partial charge >= 0.3 is 0 Å². The second-order valence-corrected chi connectivity index (χ2v) is 6.18. The molecule has 120 valence electrons. The molecule has 1 aromatic rings. The first-order valence-corrected chi connectivity index (χ1v) is 8.20. The van der Waals surface area contributed by atoms with E-state index in [1.165, 1.54) is 6.07 Å². The molecule has 1 aromatic carbocycles. The molecular weight excluding hydrogens is 283 g/mol. The predicted molar refractivity (Wildman–Crippen MR) is 83.5 cm³/mol. The van der Waals surface area contributed by atoms with Gasteiger partial charge in [-0.2, -0.15) is 0 Å². The van der Waals surface area contributed by atoms with Crippen molar-refractivity contribution in [3.63, 3.8) is 0 Å². The molecule has 4 nitrogen and oxygen atoms in total. The van der Waals surface area contributed by atoms with Gasteiger partial charge in [-0.25, -0.2) is 4.39 Å². The summed E-state index contributed by atoms with van der Waals surface area (Å²) in [7, 11) is 0. The van der Waals surface area contributed by atoms with Crippen molar-refractivity contribution in [1.29, 1.82) is 0 Å². The first kappa shape index (κ1) is 15.3. The van der Waals surface area contributed by atoms with Crippen LogP contribution in [0.2, 0.25) is 0 Å². The molecule has 5 heteroatoms. The fourth-order valence-corrected chi connectivity index (χ4v) is 3.19. The third kappa shape index (κ3) is 3.77. The van der Waals surface area contributed by atoms with Gasteiger partial charge < -0.3 is 15.4 Å². The van der Waals surface area contributed by atoms with E-state index in [0.29, 0.717) is 5.69 Å². The summed E-state index contributed by atoms with van der Waals surface area (Å²) in [5, 5.41) is 6.04. The molecule has 1 aliphatic heterocycles. The highest BCUT2D eigenvalue weighted by Crippen LogP contribution is 2.28. The summed E-state index contributed by atoms with van der Waals surface area (Å²) in [5.41, 5.74) is 0.500. The smallest absolute Gasteiger partial charge is 0.227 e. The molecule has 1 aliphatic carbocycles. The highest BCUT2D eigenvalue weighted by Gasteiger charge is 2.22. The molecule has 2 N–H and O–H groups in total. The number of carbonyl (C=O) groups is 1. The van der Waals surface area contributed by atoms with Crippen LogP contribution in [0.25, 0.3) is 0 Å². The average Bonchev–Trinajstić information content (AvgIpc) is 3.04. The van der Waals surface area contributed by atoms with Gasteiger partial charge in [0.15, 0.2) is 11.6 Å². The standard InChI is InChI=1S/C17H23FN2O2/c18-15-11-13(20-17(21)12-7-9-19-10-8-12)5-6-16(15)22-14-3-1-2-4-14/h5-6,11-12,14,19H,1-4,7-10H2,(H,20,21). The summed E-state index contributed by atoms with van der Waals surface area (Å²) in [4.78, 5) is 12.1. The van der Waals surface area contributed by atoms with Crippen LogP contribution in [0.1, 0.15) is 38.5 Å². The third-order valence-electron chi connectivity index (χ3n) is 4.51. The minimum absolute atomic E-state index is 0.0127. The zero-order valence-electron chi connectivity index (χ0n) is 12.7. The highest BCUT2D eigenvalue weighted by atomic mass is 19.1. The number of anilines is 1. The number of hydrogen-bond donors (Lipinski definition) is 2. The lowest BCUT2D eigenvalue weighted by atomic mass is 9.97. The molecule has 0 aromatic heterocycles. The second kappa shape index (κ2) is 7.09. The summed E-state index contributed by atoms with van der Waals surface area (Å²) in [6.45, 7) is 1.72. The Balaban J connectivity index is 1.59. The molecule has 0 unspecified atom stereocenters. The van der Waals surface area contributed by atoms with E-state index < -0.39 is 5.82 Å². The van der Waals surface area contributed by atoms with Gasteiger partial charge in [0, 0.05) is 17.7 Å². The van der Waals surface area contributed by atoms with Crippen LogP contribution in [0.5, 0.6) is 5.75 Å². The molecule has 1 heterocycles. The third-order valence-corrected chi connectivity index (χ3v) is 4.51. The summed E-state index contributed by atoms with van der Waals surface area (Å²) < 4.78 is 19.8. The summed E-state index contributed by atoms with van der Waals surface area (Å²) in [6.07, 6.45) is 6.08. The monoisotopic (exact) mass is 306 g/mol. The Morgan fingerprint density at radius 3 is 2.59 bits per heavy atom. The maximum atomic E-state index is 14.1. The average molecular weight is 306 g/mol. The summed E-state index contributed by atoms with van der Waals surface area (Å²) >= 11 is 0. The van der Waals surface area contributed by atoms with E-state index in [9.17, 15) is 9.18 Å². The molecule has 2 fully saturated rings. The molecular formula is C17H23FN2O2. The van der Waals surface area contributed by atoms with E-state index in [1.54, 1.807) is 12.1 Å². The number of ether oxygens (including phenoxy) is 1. The van der Waals surface area contributed by atoms with E-state index in [1.807, 2.05) is 0 Å².